The number of aliphatic imine (C=N–C) groups is 1. The topological polar surface area (TPSA) is 41.6 Å². The van der Waals surface area contributed by atoms with E-state index in [1.807, 2.05) is 17.8 Å². The van der Waals surface area contributed by atoms with Gasteiger partial charge in [0.05, 0.1) is 6.54 Å². The lowest BCUT2D eigenvalue weighted by atomic mass is 10.2. The van der Waals surface area contributed by atoms with Crippen molar-refractivity contribution in [2.45, 2.75) is 6.54 Å². The summed E-state index contributed by atoms with van der Waals surface area (Å²) >= 11 is 5.19. The highest BCUT2D eigenvalue weighted by Crippen LogP contribution is 2.16. The molecule has 3 nitrogen and oxygen atoms in total. The number of guanidine groups is 1. The second kappa shape index (κ2) is 6.43. The van der Waals surface area contributed by atoms with Crippen LogP contribution in [0.15, 0.2) is 27.7 Å². The lowest BCUT2D eigenvalue weighted by molar-refractivity contribution is 0.455. The lowest BCUT2D eigenvalue weighted by Crippen LogP contribution is -2.42. The van der Waals surface area contributed by atoms with Gasteiger partial charge in [0.1, 0.15) is 5.82 Å². The maximum absolute atomic E-state index is 13.2. The van der Waals surface area contributed by atoms with Crippen LogP contribution in [0.25, 0.3) is 0 Å². The highest BCUT2D eigenvalue weighted by Gasteiger charge is 2.11. The molecule has 1 aromatic rings. The van der Waals surface area contributed by atoms with Gasteiger partial charge < -0.3 is 10.6 Å². The second-order valence-electron chi connectivity index (χ2n) is 4.05. The van der Waals surface area contributed by atoms with E-state index in [1.54, 1.807) is 0 Å². The number of hydrogen-bond donors (Lipinski definition) is 1. The summed E-state index contributed by atoms with van der Waals surface area (Å²) in [6.45, 7) is 2.28. The zero-order chi connectivity index (χ0) is 13.0. The standard InChI is InChI=1S/C12H15BrFN3S/c13-10-5-9(6-11(14)7-10)8-16-12(15)17-1-3-18-4-2-17/h5-7H,1-4,8H2,(H2,15,16). The molecule has 0 radical (unpaired) electrons. The van der Waals surface area contributed by atoms with Crippen LogP contribution in [0.4, 0.5) is 4.39 Å². The molecule has 2 rings (SSSR count). The molecule has 0 aromatic heterocycles. The van der Waals surface area contributed by atoms with E-state index in [1.165, 1.54) is 12.1 Å². The van der Waals surface area contributed by atoms with Crippen LogP contribution in [0.1, 0.15) is 5.56 Å². The smallest absolute Gasteiger partial charge is 0.191 e. The van der Waals surface area contributed by atoms with Crippen LogP contribution in [-0.2, 0) is 6.54 Å². The van der Waals surface area contributed by atoms with Gasteiger partial charge >= 0.3 is 0 Å². The first-order chi connectivity index (χ1) is 8.65. The third kappa shape index (κ3) is 3.88. The predicted molar refractivity (Wildman–Crippen MR) is 78.3 cm³/mol. The van der Waals surface area contributed by atoms with Gasteiger partial charge in [0.25, 0.3) is 0 Å². The summed E-state index contributed by atoms with van der Waals surface area (Å²) < 4.78 is 13.9. The Morgan fingerprint density at radius 1 is 1.39 bits per heavy atom. The largest absolute Gasteiger partial charge is 0.370 e. The summed E-state index contributed by atoms with van der Waals surface area (Å²) in [6, 6.07) is 4.76. The number of rotatable bonds is 2. The Bertz CT molecular complexity index is 427. The van der Waals surface area contributed by atoms with Crippen LogP contribution in [0.3, 0.4) is 0 Å². The zero-order valence-electron chi connectivity index (χ0n) is 9.90. The summed E-state index contributed by atoms with van der Waals surface area (Å²) in [4.78, 5) is 6.40. The van der Waals surface area contributed by atoms with E-state index >= 15 is 0 Å². The lowest BCUT2D eigenvalue weighted by Gasteiger charge is -2.27. The number of thioether (sulfide) groups is 1. The number of nitrogens with zero attached hydrogens (tertiary/aromatic N) is 2. The zero-order valence-corrected chi connectivity index (χ0v) is 12.3. The van der Waals surface area contributed by atoms with Gasteiger partial charge in [-0.1, -0.05) is 15.9 Å². The molecule has 0 spiro atoms. The van der Waals surface area contributed by atoms with Crippen LogP contribution in [0.2, 0.25) is 0 Å². The van der Waals surface area contributed by atoms with Crippen molar-refractivity contribution in [2.24, 2.45) is 10.7 Å². The number of halogens is 2. The average molecular weight is 332 g/mol. The van der Waals surface area contributed by atoms with Crippen molar-refractivity contribution in [3.8, 4) is 0 Å². The molecule has 0 atom stereocenters. The highest BCUT2D eigenvalue weighted by atomic mass is 79.9. The van der Waals surface area contributed by atoms with Crippen LogP contribution in [0.5, 0.6) is 0 Å². The van der Waals surface area contributed by atoms with E-state index < -0.39 is 0 Å². The summed E-state index contributed by atoms with van der Waals surface area (Å²) in [7, 11) is 0. The molecule has 2 N–H and O–H groups in total. The van der Waals surface area contributed by atoms with E-state index in [4.69, 9.17) is 5.73 Å². The summed E-state index contributed by atoms with van der Waals surface area (Å²) in [6.07, 6.45) is 0. The molecule has 1 saturated heterocycles. The van der Waals surface area contributed by atoms with Crippen LogP contribution < -0.4 is 5.73 Å². The van der Waals surface area contributed by atoms with Gasteiger partial charge in [0.2, 0.25) is 0 Å². The van der Waals surface area contributed by atoms with E-state index in [2.05, 4.69) is 25.8 Å². The minimum atomic E-state index is -0.262. The molecule has 1 aromatic carbocycles. The van der Waals surface area contributed by atoms with E-state index in [9.17, 15) is 4.39 Å². The van der Waals surface area contributed by atoms with Crippen molar-refractivity contribution in [3.63, 3.8) is 0 Å². The maximum atomic E-state index is 13.2. The van der Waals surface area contributed by atoms with Gasteiger partial charge in [-0.15, -0.1) is 0 Å². The molecule has 1 aliphatic rings. The Morgan fingerprint density at radius 3 is 2.78 bits per heavy atom. The van der Waals surface area contributed by atoms with Crippen molar-refractivity contribution in [2.75, 3.05) is 24.6 Å². The van der Waals surface area contributed by atoms with Crippen LogP contribution in [0, 0.1) is 5.82 Å². The third-order valence-electron chi connectivity index (χ3n) is 2.68. The highest BCUT2D eigenvalue weighted by molar-refractivity contribution is 9.10. The monoisotopic (exact) mass is 331 g/mol. The molecule has 98 valence electrons. The molecule has 18 heavy (non-hydrogen) atoms. The van der Waals surface area contributed by atoms with Crippen molar-refractivity contribution in [1.82, 2.24) is 4.90 Å². The molecule has 0 saturated carbocycles. The van der Waals surface area contributed by atoms with Crippen molar-refractivity contribution >= 4 is 33.7 Å². The van der Waals surface area contributed by atoms with Gasteiger partial charge in [-0.2, -0.15) is 11.8 Å². The first-order valence-corrected chi connectivity index (χ1v) is 7.67. The van der Waals surface area contributed by atoms with Gasteiger partial charge in [-0.05, 0) is 23.8 Å². The van der Waals surface area contributed by atoms with E-state index in [0.29, 0.717) is 12.5 Å². The van der Waals surface area contributed by atoms with Crippen LogP contribution >= 0.6 is 27.7 Å². The van der Waals surface area contributed by atoms with Gasteiger partial charge in [-0.3, -0.25) is 0 Å². The van der Waals surface area contributed by atoms with Crippen molar-refractivity contribution < 1.29 is 4.39 Å². The minimum Gasteiger partial charge on any atom is -0.370 e. The molecular weight excluding hydrogens is 317 g/mol. The molecule has 1 heterocycles. The maximum Gasteiger partial charge on any atom is 0.191 e. The van der Waals surface area contributed by atoms with Gasteiger partial charge in [-0.25, -0.2) is 9.38 Å². The third-order valence-corrected chi connectivity index (χ3v) is 4.08. The first-order valence-electron chi connectivity index (χ1n) is 5.73. The fourth-order valence-electron chi connectivity index (χ4n) is 1.77. The van der Waals surface area contributed by atoms with E-state index in [0.717, 1.165) is 34.6 Å². The Hall–Kier alpha value is -0.750. The Morgan fingerprint density at radius 2 is 2.11 bits per heavy atom. The predicted octanol–water partition coefficient (Wildman–Crippen LogP) is 2.45. The fraction of sp³-hybridized carbons (Fsp3) is 0.417. The van der Waals surface area contributed by atoms with Gasteiger partial charge in [0, 0.05) is 29.1 Å². The van der Waals surface area contributed by atoms with Crippen molar-refractivity contribution in [3.05, 3.63) is 34.1 Å². The molecule has 1 aliphatic heterocycles. The Balaban J connectivity index is 2.00. The number of benzene rings is 1. The fourth-order valence-corrected chi connectivity index (χ4v) is 3.18. The summed E-state index contributed by atoms with van der Waals surface area (Å²) in [5, 5.41) is 0. The quantitative estimate of drug-likeness (QED) is 0.668. The van der Waals surface area contributed by atoms with Crippen molar-refractivity contribution in [1.29, 1.82) is 0 Å². The van der Waals surface area contributed by atoms with Crippen LogP contribution in [-0.4, -0.2) is 35.5 Å². The molecule has 0 amide bonds. The summed E-state index contributed by atoms with van der Waals surface area (Å²) in [5.74, 6) is 2.46. The molecule has 1 fully saturated rings. The normalized spacial score (nSPS) is 17.0. The molecule has 0 unspecified atom stereocenters. The van der Waals surface area contributed by atoms with Gasteiger partial charge in [0.15, 0.2) is 5.96 Å². The average Bonchev–Trinajstić information content (AvgIpc) is 2.36. The molecular formula is C12H15BrFN3S. The molecule has 0 bridgehead atoms. The number of nitrogens with two attached hydrogens (primary N) is 1. The summed E-state index contributed by atoms with van der Waals surface area (Å²) in [5.41, 5.74) is 6.75. The SMILES string of the molecule is NC(=NCc1cc(F)cc(Br)c1)N1CCSCC1. The Kier molecular flexibility index (Phi) is 4.88. The first kappa shape index (κ1) is 13.7. The number of hydrogen-bond acceptors (Lipinski definition) is 2. The molecule has 0 aliphatic carbocycles. The Labute approximate surface area is 119 Å². The van der Waals surface area contributed by atoms with E-state index in [-0.39, 0.29) is 5.82 Å². The second-order valence-corrected chi connectivity index (χ2v) is 6.19. The minimum absolute atomic E-state index is 0.262. The molecule has 6 heteroatoms.